The molecule has 0 spiro atoms. The smallest absolute Gasteiger partial charge is 0.335 e. The molecule has 0 amide bonds. The number of fused-ring (bicyclic) bond motifs is 2. The summed E-state index contributed by atoms with van der Waals surface area (Å²) in [7, 11) is 0. The van der Waals surface area contributed by atoms with Crippen molar-refractivity contribution in [2.45, 2.75) is 65.3 Å². The number of esters is 1. The van der Waals surface area contributed by atoms with Crippen molar-refractivity contribution in [3.63, 3.8) is 0 Å². The van der Waals surface area contributed by atoms with E-state index >= 15 is 0 Å². The molecule has 2 aliphatic rings. The average molecular weight is 266 g/mol. The van der Waals surface area contributed by atoms with E-state index in [2.05, 4.69) is 13.5 Å². The molecule has 2 fully saturated rings. The third-order valence-electron chi connectivity index (χ3n) is 4.34. The lowest BCUT2D eigenvalue weighted by molar-refractivity contribution is -0.188. The molecule has 0 radical (unpaired) electrons. The van der Waals surface area contributed by atoms with Crippen LogP contribution in [0.4, 0.5) is 0 Å². The van der Waals surface area contributed by atoms with E-state index in [0.717, 1.165) is 30.6 Å². The number of rotatable bonds is 4. The molecule has 0 aromatic rings. The summed E-state index contributed by atoms with van der Waals surface area (Å²) in [6, 6.07) is 0. The van der Waals surface area contributed by atoms with Crippen LogP contribution in [0.15, 0.2) is 12.2 Å². The summed E-state index contributed by atoms with van der Waals surface area (Å²) in [5.74, 6) is 2.11. The number of hydrogen-bond donors (Lipinski definition) is 0. The molecule has 0 aromatic heterocycles. The molecule has 3 unspecified atom stereocenters. The molecule has 108 valence electrons. The lowest BCUT2D eigenvalue weighted by Crippen LogP contribution is -2.36. The second-order valence-corrected chi connectivity index (χ2v) is 6.53. The van der Waals surface area contributed by atoms with Crippen molar-refractivity contribution in [2.24, 2.45) is 17.8 Å². The molecule has 0 aromatic carbocycles. The van der Waals surface area contributed by atoms with Crippen molar-refractivity contribution in [1.82, 2.24) is 0 Å². The molecule has 0 N–H and O–H groups in total. The third-order valence-corrected chi connectivity index (χ3v) is 4.34. The first-order chi connectivity index (χ1) is 8.94. The van der Waals surface area contributed by atoms with Gasteiger partial charge in [0.2, 0.25) is 6.29 Å². The predicted molar refractivity (Wildman–Crippen MR) is 74.5 cm³/mol. The lowest BCUT2D eigenvalue weighted by atomic mass is 9.67. The van der Waals surface area contributed by atoms with Crippen molar-refractivity contribution in [3.05, 3.63) is 12.2 Å². The molecule has 2 aliphatic carbocycles. The van der Waals surface area contributed by atoms with Crippen molar-refractivity contribution in [2.75, 3.05) is 0 Å². The molecule has 3 heteroatoms. The Morgan fingerprint density at radius 1 is 1.16 bits per heavy atom. The molecule has 0 saturated heterocycles. The Kier molecular flexibility index (Phi) is 4.67. The first-order valence-corrected chi connectivity index (χ1v) is 7.46. The standard InChI is InChI=1S/C16H26O3/c1-10(2)16(17)19-12(4)18-15-8-13-5-11(3)6-14(7-13)9-15/h11-15H,1,5-9H2,2-4H3. The molecular weight excluding hydrogens is 240 g/mol. The van der Waals surface area contributed by atoms with Gasteiger partial charge in [0.25, 0.3) is 0 Å². The molecule has 3 nitrogen and oxygen atoms in total. The van der Waals surface area contributed by atoms with E-state index in [0.29, 0.717) is 5.57 Å². The zero-order valence-corrected chi connectivity index (χ0v) is 12.4. The lowest BCUT2D eigenvalue weighted by Gasteiger charge is -2.42. The van der Waals surface area contributed by atoms with Crippen LogP contribution in [0.3, 0.4) is 0 Å². The highest BCUT2D eigenvalue weighted by Crippen LogP contribution is 2.43. The van der Waals surface area contributed by atoms with Crippen molar-refractivity contribution < 1.29 is 14.3 Å². The van der Waals surface area contributed by atoms with Crippen LogP contribution >= 0.6 is 0 Å². The molecular formula is C16H26O3. The minimum absolute atomic E-state index is 0.254. The first-order valence-electron chi connectivity index (χ1n) is 7.46. The number of carbonyl (C=O) groups excluding carboxylic acids is 1. The largest absolute Gasteiger partial charge is 0.433 e. The zero-order chi connectivity index (χ0) is 14.0. The van der Waals surface area contributed by atoms with Crippen LogP contribution in [-0.2, 0) is 14.3 Å². The fraction of sp³-hybridized carbons (Fsp3) is 0.812. The monoisotopic (exact) mass is 266 g/mol. The quantitative estimate of drug-likeness (QED) is 0.442. The highest BCUT2D eigenvalue weighted by atomic mass is 16.7. The third kappa shape index (κ3) is 4.07. The molecule has 0 heterocycles. The van der Waals surface area contributed by atoms with Gasteiger partial charge >= 0.3 is 5.97 Å². The Bertz CT molecular complexity index is 332. The van der Waals surface area contributed by atoms with Gasteiger partial charge in [-0.1, -0.05) is 13.5 Å². The highest BCUT2D eigenvalue weighted by molar-refractivity contribution is 5.86. The Labute approximate surface area is 116 Å². The number of hydrogen-bond acceptors (Lipinski definition) is 3. The minimum atomic E-state index is -0.467. The van der Waals surface area contributed by atoms with E-state index in [9.17, 15) is 4.79 Å². The van der Waals surface area contributed by atoms with Gasteiger partial charge in [-0.25, -0.2) is 4.79 Å². The predicted octanol–water partition coefficient (Wildman–Crippen LogP) is 3.68. The normalized spacial score (nSPS) is 35.5. The topological polar surface area (TPSA) is 35.5 Å². The van der Waals surface area contributed by atoms with Gasteiger partial charge in [-0.2, -0.15) is 0 Å². The fourth-order valence-corrected chi connectivity index (χ4v) is 3.78. The van der Waals surface area contributed by atoms with E-state index in [4.69, 9.17) is 9.47 Å². The second kappa shape index (κ2) is 6.08. The zero-order valence-electron chi connectivity index (χ0n) is 12.4. The van der Waals surface area contributed by atoms with Crippen LogP contribution in [0.25, 0.3) is 0 Å². The Morgan fingerprint density at radius 3 is 2.26 bits per heavy atom. The summed E-state index contributed by atoms with van der Waals surface area (Å²) >= 11 is 0. The van der Waals surface area contributed by atoms with Gasteiger partial charge in [-0.05, 0) is 63.7 Å². The molecule has 2 rings (SSSR count). The first kappa shape index (κ1) is 14.6. The summed E-state index contributed by atoms with van der Waals surface area (Å²) in [6.45, 7) is 9.39. The van der Waals surface area contributed by atoms with Gasteiger partial charge in [-0.15, -0.1) is 0 Å². The van der Waals surface area contributed by atoms with Gasteiger partial charge < -0.3 is 9.47 Å². The van der Waals surface area contributed by atoms with Crippen LogP contribution in [0.2, 0.25) is 0 Å². The summed E-state index contributed by atoms with van der Waals surface area (Å²) in [6.07, 6.45) is 6.05. The Morgan fingerprint density at radius 2 is 1.74 bits per heavy atom. The van der Waals surface area contributed by atoms with E-state index in [1.165, 1.54) is 19.3 Å². The number of ether oxygens (including phenoxy) is 2. The van der Waals surface area contributed by atoms with Crippen molar-refractivity contribution in [1.29, 1.82) is 0 Å². The maximum atomic E-state index is 11.4. The van der Waals surface area contributed by atoms with E-state index < -0.39 is 6.29 Å². The van der Waals surface area contributed by atoms with Gasteiger partial charge in [0.05, 0.1) is 6.10 Å². The van der Waals surface area contributed by atoms with Crippen LogP contribution in [0.1, 0.15) is 52.9 Å². The minimum Gasteiger partial charge on any atom is -0.433 e. The van der Waals surface area contributed by atoms with Crippen LogP contribution in [0, 0.1) is 17.8 Å². The average Bonchev–Trinajstić information content (AvgIpc) is 2.26. The summed E-state index contributed by atoms with van der Waals surface area (Å²) in [5, 5.41) is 0. The van der Waals surface area contributed by atoms with Crippen LogP contribution in [0.5, 0.6) is 0 Å². The van der Waals surface area contributed by atoms with Crippen LogP contribution < -0.4 is 0 Å². The van der Waals surface area contributed by atoms with Crippen molar-refractivity contribution >= 4 is 5.97 Å². The van der Waals surface area contributed by atoms with Crippen LogP contribution in [-0.4, -0.2) is 18.4 Å². The fourth-order valence-electron chi connectivity index (χ4n) is 3.78. The SMILES string of the molecule is C=C(C)C(=O)OC(C)OC1CC2CC(C)CC(C2)C1. The van der Waals surface area contributed by atoms with Gasteiger partial charge in [0, 0.05) is 5.57 Å². The number of carbonyl (C=O) groups is 1. The maximum Gasteiger partial charge on any atom is 0.335 e. The van der Waals surface area contributed by atoms with Crippen molar-refractivity contribution in [3.8, 4) is 0 Å². The van der Waals surface area contributed by atoms with Gasteiger partial charge in [0.15, 0.2) is 0 Å². The van der Waals surface area contributed by atoms with Gasteiger partial charge in [-0.3, -0.25) is 0 Å². The molecule has 19 heavy (non-hydrogen) atoms. The Hall–Kier alpha value is -0.830. The maximum absolute atomic E-state index is 11.4. The van der Waals surface area contributed by atoms with E-state index in [1.54, 1.807) is 13.8 Å². The molecule has 3 atom stereocenters. The summed E-state index contributed by atoms with van der Waals surface area (Å²) in [4.78, 5) is 11.4. The summed E-state index contributed by atoms with van der Waals surface area (Å²) < 4.78 is 11.1. The highest BCUT2D eigenvalue weighted by Gasteiger charge is 2.35. The van der Waals surface area contributed by atoms with Gasteiger partial charge in [0.1, 0.15) is 0 Å². The molecule has 2 bridgehead atoms. The summed E-state index contributed by atoms with van der Waals surface area (Å²) in [5.41, 5.74) is 0.421. The second-order valence-electron chi connectivity index (χ2n) is 6.53. The van der Waals surface area contributed by atoms with E-state index in [-0.39, 0.29) is 12.1 Å². The molecule has 0 aliphatic heterocycles. The Balaban J connectivity index is 1.80. The van der Waals surface area contributed by atoms with E-state index in [1.807, 2.05) is 0 Å². The molecule has 2 saturated carbocycles.